The van der Waals surface area contributed by atoms with E-state index in [1.54, 1.807) is 69.3 Å². The minimum Gasteiger partial charge on any atom is -0.434 e. The van der Waals surface area contributed by atoms with Crippen LogP contribution < -0.4 is 64.3 Å². The first-order valence-corrected chi connectivity index (χ1v) is 40.9. The van der Waals surface area contributed by atoms with Crippen LogP contribution in [0.4, 0.5) is 37.2 Å². The fraction of sp³-hybridized carbons (Fsp3) is 0.0404. The van der Waals surface area contributed by atoms with Crippen molar-refractivity contribution in [2.45, 2.75) is 27.7 Å². The van der Waals surface area contributed by atoms with Gasteiger partial charge in [-0.05, 0) is 148 Å². The van der Waals surface area contributed by atoms with E-state index in [4.69, 9.17) is 65.8 Å². The van der Waals surface area contributed by atoms with Gasteiger partial charge in [0.15, 0.2) is 92.3 Å². The molecule has 0 radical (unpaired) electrons. The molecule has 0 N–H and O–H groups in total. The maximum Gasteiger partial charge on any atom is 0.305 e. The summed E-state index contributed by atoms with van der Waals surface area (Å²) < 4.78 is 46.1. The summed E-state index contributed by atoms with van der Waals surface area (Å²) in [5, 5.41) is 90.7. The molecule has 21 rings (SSSR count). The highest BCUT2D eigenvalue weighted by atomic mass is 19.1. The zero-order valence-electron chi connectivity index (χ0n) is 73.3. The van der Waals surface area contributed by atoms with Gasteiger partial charge in [0.2, 0.25) is 40.2 Å². The Kier molecular flexibility index (Phi) is 22.4. The molecule has 12 heterocycles. The molecular formula is C99H31F2N41O3. The van der Waals surface area contributed by atoms with Crippen LogP contribution in [0.5, 0.6) is 0 Å². The van der Waals surface area contributed by atoms with Crippen molar-refractivity contribution in [1.82, 2.24) is 59.8 Å². The zero-order valence-corrected chi connectivity index (χ0v) is 73.3. The number of hydrogen-bond donors (Lipinski definition) is 0. The third-order valence-corrected chi connectivity index (χ3v) is 21.6. The van der Waals surface area contributed by atoms with Crippen molar-refractivity contribution < 1.29 is 22.0 Å². The lowest BCUT2D eigenvalue weighted by Crippen LogP contribution is -2.25. The van der Waals surface area contributed by atoms with E-state index in [0.29, 0.717) is 44.0 Å². The van der Waals surface area contributed by atoms with Crippen LogP contribution in [0, 0.1) is 180 Å². The average Bonchev–Trinajstić information content (AvgIpc) is 1.66. The van der Waals surface area contributed by atoms with E-state index in [2.05, 4.69) is 177 Å². The van der Waals surface area contributed by atoms with E-state index in [-0.39, 0.29) is 271 Å². The molecule has 664 valence electrons. The monoisotopic (exact) mass is 1880 g/mol. The molecule has 0 fully saturated rings. The standard InChI is InChI=1S/C34H9N15O.C33H9FN14O.C32H13FN12O/c1-15-7-23-24(9-21(15)39-2)44-30(43-23)19(13-37)31-47-29(17-5-6-20-28(18(17)12-36)46-32(42-20)26(14-38)41-4)48-33(49-31)34-45-25-10-22(40-3)16(11-35)8-27(25)50-34;1-14(28-42-23-9-16(34)8-22(39-3)27(23)45-28)29-46-30(17-5-6-19-26(18(17)12-36)44-31(41-19)24(13-37)40-4)48-32(47-29)33-43-21-10-20(38-2)15(11-35)7-25(21)49-33;1-14-5-8-24-20(9-14)40-32(46-24)31-44-28(15(2)27-39-22-11-16(33)10-21(36-3)26(22)42-27)43-29(45-31)17-6-7-19-25(18(17)12-34)41-30(38-19)23(13-35)37-4/h5-10H,1H3;5-10H,1H3;5-11H,1-2H3/b30-19-,32-26+;28-14-,31-24+;27-15-,30-23+. The summed E-state index contributed by atoms with van der Waals surface area (Å²) in [4.78, 5) is 133. The number of aryl methyl sites for hydroxylation is 2. The fourth-order valence-electron chi connectivity index (χ4n) is 14.8. The number of nitriles is 9. The molecule has 6 aliphatic rings. The molecule has 9 aromatic carbocycles. The maximum atomic E-state index is 14.2. The zero-order chi connectivity index (χ0) is 102. The molecule has 46 heteroatoms. The van der Waals surface area contributed by atoms with Crippen LogP contribution in [0.3, 0.4) is 0 Å². The number of nitrogens with zero attached hydrogens (tertiary/aromatic N) is 41. The minimum atomic E-state index is -0.654. The molecule has 0 spiro atoms. The van der Waals surface area contributed by atoms with E-state index in [9.17, 15) is 56.1 Å². The fourth-order valence-corrected chi connectivity index (χ4v) is 14.8. The van der Waals surface area contributed by atoms with Crippen LogP contribution in [0.1, 0.15) is 70.3 Å². The predicted octanol–water partition coefficient (Wildman–Crippen LogP) is 11.1. The van der Waals surface area contributed by atoms with Gasteiger partial charge in [0.1, 0.15) is 63.1 Å². The van der Waals surface area contributed by atoms with Gasteiger partial charge in [-0.15, -0.1) is 0 Å². The third kappa shape index (κ3) is 16.0. The lowest BCUT2D eigenvalue weighted by molar-refractivity contribution is 0.611. The SMILES string of the molecule is [C-]#[N+]/C(C#N)=C1\N=c2ccc(-c3nc(/C(C#N)=C4/N=c5cc(C)c([N+]#[C-])cc5=N4)nc(-c4nc5cc([N+]#[C-])c(C#N)cc5o4)n3)c(C#N)c2=N1.[C-]#[N+]/C(C#N)=C1\N=c2ccc(-c3nc(/C(C)=C4/N=c5cc(F)cc([N+]#[C-])c5=N4)nc(-c4nc5cc(C)ccc5o4)n3)c(C#N)c2=N1.[C-]#[N+]/C(C#N)=C1\N=c2ccc(-c3nc(/C(C)=C4/N=c5cc(F)cc([N+]#[C-])c5=N4)nc(-c4nc5cc([N+]#[C-])c(C#N)cc5o4)n3)c(C#N)c2=N1. The smallest absolute Gasteiger partial charge is 0.305 e. The van der Waals surface area contributed by atoms with Crippen LogP contribution in [0.25, 0.3) is 158 Å². The Balaban J connectivity index is 0.000000138. The number of rotatable bonds is 9. The van der Waals surface area contributed by atoms with Crippen LogP contribution >= 0.6 is 0 Å². The van der Waals surface area contributed by atoms with Gasteiger partial charge in [-0.25, -0.2) is 183 Å². The molecule has 0 aliphatic carbocycles. The number of benzene rings is 9. The van der Waals surface area contributed by atoms with E-state index in [1.807, 2.05) is 37.3 Å². The van der Waals surface area contributed by atoms with Crippen molar-refractivity contribution in [2.24, 2.45) is 59.9 Å². The van der Waals surface area contributed by atoms with Crippen molar-refractivity contribution in [3.05, 3.63) is 391 Å². The third-order valence-electron chi connectivity index (χ3n) is 21.6. The van der Waals surface area contributed by atoms with Crippen molar-refractivity contribution in [1.29, 1.82) is 47.4 Å². The van der Waals surface area contributed by atoms with Crippen LogP contribution in [-0.4, -0.2) is 59.8 Å². The second-order valence-electron chi connectivity index (χ2n) is 30.3. The number of halogens is 2. The normalized spacial score (nSPS) is 14.2. The molecule has 0 unspecified atom stereocenters. The van der Waals surface area contributed by atoms with Crippen LogP contribution in [0.2, 0.25) is 0 Å². The Morgan fingerprint density at radius 3 is 1.02 bits per heavy atom. The molecule has 15 aromatic rings. The summed E-state index contributed by atoms with van der Waals surface area (Å²) in [7, 11) is 0. The molecule has 44 nitrogen and oxygen atoms in total. The molecule has 0 saturated heterocycles. The summed E-state index contributed by atoms with van der Waals surface area (Å²) in [6.45, 7) is 65.8. The van der Waals surface area contributed by atoms with E-state index < -0.39 is 11.6 Å². The quantitative estimate of drug-likeness (QED) is 0.0956. The molecule has 0 bridgehead atoms. The first kappa shape index (κ1) is 89.8. The van der Waals surface area contributed by atoms with Gasteiger partial charge < -0.3 is 13.3 Å². The predicted molar refractivity (Wildman–Crippen MR) is 488 cm³/mol. The Bertz CT molecular complexity index is 10600. The molecular weight excluding hydrogens is 1850 g/mol. The lowest BCUT2D eigenvalue weighted by Gasteiger charge is -2.08. The van der Waals surface area contributed by atoms with Gasteiger partial charge in [0.05, 0.1) is 170 Å². The Hall–Kier alpha value is -24.3. The molecule has 0 atom stereocenters. The van der Waals surface area contributed by atoms with Crippen molar-refractivity contribution >= 4 is 78.5 Å². The van der Waals surface area contributed by atoms with Crippen molar-refractivity contribution in [2.75, 3.05) is 0 Å². The average molecular weight is 1880 g/mol. The summed E-state index contributed by atoms with van der Waals surface area (Å²) in [5.41, 5.74) is 4.27. The molecule has 6 aromatic heterocycles. The van der Waals surface area contributed by atoms with E-state index in [0.717, 1.165) is 23.8 Å². The van der Waals surface area contributed by atoms with Gasteiger partial charge in [0.25, 0.3) is 17.7 Å². The van der Waals surface area contributed by atoms with Gasteiger partial charge in [0, 0.05) is 27.8 Å². The van der Waals surface area contributed by atoms with Crippen molar-refractivity contribution in [3.63, 3.8) is 0 Å². The summed E-state index contributed by atoms with van der Waals surface area (Å²) in [6, 6.07) is 45.4. The second kappa shape index (κ2) is 36.2. The highest BCUT2D eigenvalue weighted by molar-refractivity contribution is 5.86. The van der Waals surface area contributed by atoms with Gasteiger partial charge in [-0.3, -0.25) is 0 Å². The number of fused-ring (bicyclic) bond motifs is 9. The van der Waals surface area contributed by atoms with E-state index in [1.165, 1.54) is 54.6 Å². The number of aromatic nitrogens is 12. The largest absolute Gasteiger partial charge is 0.434 e. The van der Waals surface area contributed by atoms with Crippen LogP contribution in [-0.2, 0) is 0 Å². The first-order chi connectivity index (χ1) is 70.4. The maximum absolute atomic E-state index is 14.2. The molecule has 6 aliphatic heterocycles. The lowest BCUT2D eigenvalue weighted by atomic mass is 10.1. The molecule has 145 heavy (non-hydrogen) atoms. The first-order valence-electron chi connectivity index (χ1n) is 40.9. The Morgan fingerprint density at radius 2 is 0.648 bits per heavy atom. The highest BCUT2D eigenvalue weighted by Crippen LogP contribution is 2.37. The van der Waals surface area contributed by atoms with Crippen LogP contribution in [0.15, 0.2) is 240 Å². The number of allylic oxidation sites excluding steroid dienone is 6. The number of hydrogen-bond acceptors (Lipinski definition) is 36. The molecule has 0 saturated carbocycles. The Morgan fingerprint density at radius 1 is 0.297 bits per heavy atom. The highest BCUT2D eigenvalue weighted by Gasteiger charge is 2.31. The topological polar surface area (TPSA) is 591 Å². The minimum absolute atomic E-state index is 0.00771. The molecule has 0 amide bonds. The summed E-state index contributed by atoms with van der Waals surface area (Å²) in [6.07, 6.45) is 0. The Labute approximate surface area is 805 Å². The van der Waals surface area contributed by atoms with Gasteiger partial charge in [-0.2, -0.15) is 31.6 Å². The summed E-state index contributed by atoms with van der Waals surface area (Å²) in [5.74, 6) is -2.05. The number of oxazole rings is 3. The van der Waals surface area contributed by atoms with Gasteiger partial charge in [-0.1, -0.05) is 6.07 Å². The second-order valence-corrected chi connectivity index (χ2v) is 30.3. The van der Waals surface area contributed by atoms with E-state index >= 15 is 0 Å². The van der Waals surface area contributed by atoms with Gasteiger partial charge >= 0.3 is 17.1 Å². The summed E-state index contributed by atoms with van der Waals surface area (Å²) >= 11 is 0. The van der Waals surface area contributed by atoms with Crippen molar-refractivity contribution in [3.8, 4) is 124 Å².